The highest BCUT2D eigenvalue weighted by molar-refractivity contribution is 7.19. The lowest BCUT2D eigenvalue weighted by molar-refractivity contribution is 0.189. The Morgan fingerprint density at radius 2 is 0.581 bits per heavy atom. The zero-order valence-electron chi connectivity index (χ0n) is 33.1. The highest BCUT2D eigenvalue weighted by Gasteiger charge is 2.20. The first-order valence-electron chi connectivity index (χ1n) is 20.1. The maximum atomic E-state index is 5.94. The highest BCUT2D eigenvalue weighted by atomic mass is 32.1. The lowest BCUT2D eigenvalue weighted by Gasteiger charge is -2.18. The molecule has 62 heavy (non-hydrogen) atoms. The van der Waals surface area contributed by atoms with Crippen LogP contribution in [0, 0.1) is 0 Å². The van der Waals surface area contributed by atoms with Gasteiger partial charge in [-0.2, -0.15) is 0 Å². The second kappa shape index (κ2) is 17.0. The maximum Gasteiger partial charge on any atom is 0.209 e. The average Bonchev–Trinajstić information content (AvgIpc) is 4.15. The van der Waals surface area contributed by atoms with Crippen LogP contribution in [0.3, 0.4) is 0 Å². The number of aromatic nitrogens is 6. The van der Waals surface area contributed by atoms with Crippen molar-refractivity contribution in [2.24, 2.45) is 0 Å². The Hall–Kier alpha value is -6.68. The van der Waals surface area contributed by atoms with E-state index in [1.54, 1.807) is 34.0 Å². The summed E-state index contributed by atoms with van der Waals surface area (Å²) in [5, 5.41) is 3.38. The summed E-state index contributed by atoms with van der Waals surface area (Å²) < 4.78 is 21.5. The van der Waals surface area contributed by atoms with E-state index in [0.29, 0.717) is 37.3 Å². The number of rotatable bonds is 12. The van der Waals surface area contributed by atoms with Crippen LogP contribution in [0.1, 0.15) is 32.7 Å². The molecule has 0 atom stereocenters. The minimum atomic E-state index is 0.464. The molecule has 0 fully saturated rings. The molecule has 6 aromatic carbocycles. The molecule has 14 heteroatoms. The van der Waals surface area contributed by atoms with Crippen LogP contribution >= 0.6 is 34.0 Å². The van der Waals surface area contributed by atoms with Gasteiger partial charge >= 0.3 is 0 Å². The van der Waals surface area contributed by atoms with Gasteiger partial charge in [-0.1, -0.05) is 72.8 Å². The van der Waals surface area contributed by atoms with Crippen LogP contribution in [0.15, 0.2) is 159 Å². The molecule has 6 aromatic heterocycles. The number of hydrogen-bond donors (Lipinski definition) is 0. The van der Waals surface area contributed by atoms with Crippen molar-refractivity contribution in [2.75, 3.05) is 0 Å². The van der Waals surface area contributed by atoms with Crippen LogP contribution < -0.4 is 0 Å². The number of thiazole rings is 3. The Balaban J connectivity index is 0.000000139. The largest absolute Gasteiger partial charge is 0.439 e. The summed E-state index contributed by atoms with van der Waals surface area (Å²) in [7, 11) is 0. The van der Waals surface area contributed by atoms with Crippen molar-refractivity contribution in [3.63, 3.8) is 0 Å². The standard InChI is InChI=1S/C24H18N4O3.C24H18N4S3/c2*1-4-10-19-16(7-1)25-22(29-19)13-28(14-23-26-17-8-2-5-11-20(17)30-23)15-24-27-18-9-3-6-12-21(18)31-24/h2*1-12H,13-15H2. The minimum absolute atomic E-state index is 0.464. The first-order valence-corrected chi connectivity index (χ1v) is 22.6. The fourth-order valence-electron chi connectivity index (χ4n) is 7.41. The van der Waals surface area contributed by atoms with Crippen LogP contribution in [0.4, 0.5) is 0 Å². The van der Waals surface area contributed by atoms with E-state index in [1.165, 1.54) is 14.1 Å². The molecule has 0 N–H and O–H groups in total. The molecule has 0 aliphatic rings. The van der Waals surface area contributed by atoms with Gasteiger partial charge in [0.25, 0.3) is 0 Å². The van der Waals surface area contributed by atoms with Crippen molar-refractivity contribution >= 4 is 98.0 Å². The number of fused-ring (bicyclic) bond motifs is 6. The van der Waals surface area contributed by atoms with E-state index in [1.807, 2.05) is 91.0 Å². The van der Waals surface area contributed by atoms with E-state index < -0.39 is 0 Å². The summed E-state index contributed by atoms with van der Waals surface area (Å²) in [6.45, 7) is 3.74. The van der Waals surface area contributed by atoms with Gasteiger partial charge in [0.15, 0.2) is 16.7 Å². The first kappa shape index (κ1) is 38.3. The van der Waals surface area contributed by atoms with Crippen LogP contribution in [0.5, 0.6) is 0 Å². The molecule has 12 aromatic rings. The Morgan fingerprint density at radius 1 is 0.306 bits per heavy atom. The van der Waals surface area contributed by atoms with Crippen LogP contribution in [-0.4, -0.2) is 39.7 Å². The van der Waals surface area contributed by atoms with E-state index >= 15 is 0 Å². The molecule has 0 radical (unpaired) electrons. The second-order valence-corrected chi connectivity index (χ2v) is 18.1. The number of oxazole rings is 3. The fraction of sp³-hybridized carbons (Fsp3) is 0.125. The predicted octanol–water partition coefficient (Wildman–Crippen LogP) is 12.0. The maximum absolute atomic E-state index is 5.94. The molecule has 0 saturated carbocycles. The molecule has 0 saturated heterocycles. The van der Waals surface area contributed by atoms with Crippen LogP contribution in [0.2, 0.25) is 0 Å². The van der Waals surface area contributed by atoms with Crippen molar-refractivity contribution < 1.29 is 13.3 Å². The molecular weight excluding hydrogens is 833 g/mol. The molecule has 0 aliphatic carbocycles. The molecule has 11 nitrogen and oxygen atoms in total. The third-order valence-corrected chi connectivity index (χ3v) is 13.2. The summed E-state index contributed by atoms with van der Waals surface area (Å²) in [4.78, 5) is 32.9. The topological polar surface area (TPSA) is 123 Å². The van der Waals surface area contributed by atoms with Gasteiger partial charge in [-0.05, 0) is 72.8 Å². The normalized spacial score (nSPS) is 11.9. The van der Waals surface area contributed by atoms with E-state index in [2.05, 4.69) is 79.3 Å². The van der Waals surface area contributed by atoms with E-state index in [4.69, 9.17) is 28.2 Å². The SMILES string of the molecule is c1ccc2oc(CN(Cc3nc4ccccc4o3)Cc3nc4ccccc4o3)nc2c1.c1ccc2sc(CN(Cc3nc4ccccc4s3)Cc3nc4ccccc4s3)nc2c1. The van der Waals surface area contributed by atoms with Crippen molar-refractivity contribution in [2.45, 2.75) is 39.3 Å². The molecule has 0 spiro atoms. The summed E-state index contributed by atoms with van der Waals surface area (Å²) in [5.74, 6) is 1.86. The van der Waals surface area contributed by atoms with Gasteiger partial charge < -0.3 is 13.3 Å². The van der Waals surface area contributed by atoms with Gasteiger partial charge in [0.1, 0.15) is 31.6 Å². The predicted molar refractivity (Wildman–Crippen MR) is 247 cm³/mol. The lowest BCUT2D eigenvalue weighted by atomic mass is 10.3. The Kier molecular flexibility index (Phi) is 10.5. The zero-order valence-corrected chi connectivity index (χ0v) is 35.6. The smallest absolute Gasteiger partial charge is 0.209 e. The van der Waals surface area contributed by atoms with Gasteiger partial charge in [0.2, 0.25) is 17.7 Å². The molecular formula is C48H36N8O3S3. The number of benzene rings is 6. The summed E-state index contributed by atoms with van der Waals surface area (Å²) in [6.07, 6.45) is 0. The van der Waals surface area contributed by atoms with Gasteiger partial charge in [-0.15, -0.1) is 34.0 Å². The fourth-order valence-corrected chi connectivity index (χ4v) is 10.4. The van der Waals surface area contributed by atoms with Gasteiger partial charge in [-0.25, -0.2) is 29.9 Å². The second-order valence-electron chi connectivity index (χ2n) is 14.7. The Morgan fingerprint density at radius 3 is 0.887 bits per heavy atom. The molecule has 0 amide bonds. The summed E-state index contributed by atoms with van der Waals surface area (Å²) in [6, 6.07) is 48.2. The van der Waals surface area contributed by atoms with Crippen molar-refractivity contribution in [3.05, 3.63) is 178 Å². The number of para-hydroxylation sites is 9. The molecule has 6 heterocycles. The van der Waals surface area contributed by atoms with Crippen molar-refractivity contribution in [1.82, 2.24) is 39.7 Å². The summed E-state index contributed by atoms with van der Waals surface area (Å²) >= 11 is 5.31. The number of nitrogens with zero attached hydrogens (tertiary/aromatic N) is 8. The summed E-state index contributed by atoms with van der Waals surface area (Å²) in [5.41, 5.74) is 8.01. The molecule has 0 aliphatic heterocycles. The van der Waals surface area contributed by atoms with Crippen LogP contribution in [0.25, 0.3) is 63.9 Å². The lowest BCUT2D eigenvalue weighted by Crippen LogP contribution is -2.23. The highest BCUT2D eigenvalue weighted by Crippen LogP contribution is 2.29. The van der Waals surface area contributed by atoms with Crippen LogP contribution in [-0.2, 0) is 39.3 Å². The zero-order chi connectivity index (χ0) is 41.2. The van der Waals surface area contributed by atoms with E-state index in [0.717, 1.165) is 84.5 Å². The Labute approximate surface area is 366 Å². The van der Waals surface area contributed by atoms with E-state index in [9.17, 15) is 0 Å². The molecule has 12 rings (SSSR count). The third-order valence-electron chi connectivity index (χ3n) is 10.2. The minimum Gasteiger partial charge on any atom is -0.439 e. The van der Waals surface area contributed by atoms with Gasteiger partial charge in [0, 0.05) is 0 Å². The molecule has 0 unspecified atom stereocenters. The number of hydrogen-bond acceptors (Lipinski definition) is 14. The molecule has 0 bridgehead atoms. The van der Waals surface area contributed by atoms with Crippen molar-refractivity contribution in [3.8, 4) is 0 Å². The Bertz CT molecular complexity index is 2670. The quantitative estimate of drug-likeness (QED) is 0.117. The molecule has 304 valence electrons. The van der Waals surface area contributed by atoms with E-state index in [-0.39, 0.29) is 0 Å². The first-order chi connectivity index (χ1) is 30.6. The average molecular weight is 869 g/mol. The van der Waals surface area contributed by atoms with Crippen molar-refractivity contribution in [1.29, 1.82) is 0 Å². The van der Waals surface area contributed by atoms with Gasteiger partial charge in [-0.3, -0.25) is 9.80 Å². The monoisotopic (exact) mass is 868 g/mol. The van der Waals surface area contributed by atoms with Gasteiger partial charge in [0.05, 0.1) is 69.9 Å². The third kappa shape index (κ3) is 8.46.